The van der Waals surface area contributed by atoms with Crippen molar-refractivity contribution in [1.29, 1.82) is 0 Å². The molecule has 1 amide bonds. The van der Waals surface area contributed by atoms with Crippen molar-refractivity contribution in [3.05, 3.63) is 70.8 Å². The number of carbonyl (C=O) groups excluding carboxylic acids is 1. The first kappa shape index (κ1) is 19.1. The quantitative estimate of drug-likeness (QED) is 0.655. The number of aromatic nitrogens is 4. The average Bonchev–Trinajstić information content (AvgIpc) is 3.28. The van der Waals surface area contributed by atoms with E-state index < -0.39 is 0 Å². The van der Waals surface area contributed by atoms with E-state index in [9.17, 15) is 9.18 Å². The third-order valence-corrected chi connectivity index (χ3v) is 5.11. The summed E-state index contributed by atoms with van der Waals surface area (Å²) in [5.41, 5.74) is 2.94. The molecule has 0 atom stereocenters. The van der Waals surface area contributed by atoms with E-state index in [-0.39, 0.29) is 11.7 Å². The Labute approximate surface area is 171 Å². The number of amides is 1. The molecule has 3 aromatic rings. The van der Waals surface area contributed by atoms with Gasteiger partial charge in [-0.15, -0.1) is 5.10 Å². The van der Waals surface area contributed by atoms with Crippen LogP contribution in [0, 0.1) is 5.82 Å². The molecule has 0 saturated heterocycles. The van der Waals surface area contributed by atoms with Gasteiger partial charge in [-0.2, -0.15) is 4.68 Å². The third-order valence-electron chi connectivity index (χ3n) is 4.81. The molecule has 0 aliphatic carbocycles. The summed E-state index contributed by atoms with van der Waals surface area (Å²) in [4.78, 5) is 14.8. The van der Waals surface area contributed by atoms with Crippen LogP contribution >= 0.6 is 11.6 Å². The summed E-state index contributed by atoms with van der Waals surface area (Å²) in [6, 6.07) is 9.58. The van der Waals surface area contributed by atoms with E-state index in [1.807, 2.05) is 6.08 Å². The fourth-order valence-electron chi connectivity index (χ4n) is 3.28. The molecular weight excluding hydrogens is 397 g/mol. The first-order valence-electron chi connectivity index (χ1n) is 8.92. The Hall–Kier alpha value is -3.26. The van der Waals surface area contributed by atoms with Crippen molar-refractivity contribution in [3.8, 4) is 11.4 Å². The Bertz CT molecular complexity index is 1070. The molecule has 7 nitrogen and oxygen atoms in total. The lowest BCUT2D eigenvalue weighted by atomic mass is 9.99. The summed E-state index contributed by atoms with van der Waals surface area (Å²) < 4.78 is 19.9. The molecule has 148 valence electrons. The zero-order valence-corrected chi connectivity index (χ0v) is 16.3. The fourth-order valence-corrected chi connectivity index (χ4v) is 3.53. The van der Waals surface area contributed by atoms with Gasteiger partial charge in [-0.3, -0.25) is 4.79 Å². The van der Waals surface area contributed by atoms with Crippen LogP contribution in [0.3, 0.4) is 0 Å². The molecule has 0 radical (unpaired) electrons. The van der Waals surface area contributed by atoms with Crippen molar-refractivity contribution < 1.29 is 13.9 Å². The highest BCUT2D eigenvalue weighted by Crippen LogP contribution is 2.31. The SMILES string of the molecule is COc1cc(-n2cnnn2)c(Cl)cc1C(=O)N1CC=C(c2ccc(F)cc2)CC1. The van der Waals surface area contributed by atoms with Crippen LogP contribution in [0.1, 0.15) is 22.3 Å². The van der Waals surface area contributed by atoms with Gasteiger partial charge in [0.15, 0.2) is 0 Å². The summed E-state index contributed by atoms with van der Waals surface area (Å²) in [7, 11) is 1.49. The number of hydrogen-bond acceptors (Lipinski definition) is 5. The van der Waals surface area contributed by atoms with Crippen LogP contribution < -0.4 is 4.74 Å². The van der Waals surface area contributed by atoms with Gasteiger partial charge in [-0.25, -0.2) is 4.39 Å². The molecule has 0 fully saturated rings. The van der Waals surface area contributed by atoms with Crippen LogP contribution in [0.2, 0.25) is 5.02 Å². The lowest BCUT2D eigenvalue weighted by Gasteiger charge is -2.27. The predicted molar refractivity (Wildman–Crippen MR) is 106 cm³/mol. The maximum atomic E-state index is 13.1. The summed E-state index contributed by atoms with van der Waals surface area (Å²) in [5.74, 6) is -0.0595. The van der Waals surface area contributed by atoms with Crippen molar-refractivity contribution in [2.75, 3.05) is 20.2 Å². The Morgan fingerprint density at radius 2 is 2.03 bits per heavy atom. The zero-order valence-electron chi connectivity index (χ0n) is 15.5. The molecule has 4 rings (SSSR count). The van der Waals surface area contributed by atoms with E-state index in [0.29, 0.717) is 41.5 Å². The number of tetrazole rings is 1. The van der Waals surface area contributed by atoms with Crippen molar-refractivity contribution in [2.24, 2.45) is 0 Å². The Balaban J connectivity index is 1.57. The Kier molecular flexibility index (Phi) is 5.26. The second-order valence-corrected chi connectivity index (χ2v) is 6.90. The molecule has 29 heavy (non-hydrogen) atoms. The summed E-state index contributed by atoms with van der Waals surface area (Å²) in [6.45, 7) is 0.985. The van der Waals surface area contributed by atoms with Crippen LogP contribution in [-0.2, 0) is 0 Å². The number of ether oxygens (including phenoxy) is 1. The number of halogens is 2. The first-order chi connectivity index (χ1) is 14.1. The van der Waals surface area contributed by atoms with Gasteiger partial charge >= 0.3 is 0 Å². The smallest absolute Gasteiger partial charge is 0.257 e. The number of benzene rings is 2. The molecule has 0 spiro atoms. The molecule has 9 heteroatoms. The number of carbonyl (C=O) groups is 1. The number of nitrogens with zero attached hydrogens (tertiary/aromatic N) is 5. The predicted octanol–water partition coefficient (Wildman–Crippen LogP) is 3.39. The summed E-state index contributed by atoms with van der Waals surface area (Å²) in [6.07, 6.45) is 4.07. The van der Waals surface area contributed by atoms with Gasteiger partial charge in [-0.05, 0) is 46.2 Å². The van der Waals surface area contributed by atoms with E-state index >= 15 is 0 Å². The van der Waals surface area contributed by atoms with Crippen LogP contribution in [-0.4, -0.2) is 51.2 Å². The maximum absolute atomic E-state index is 13.1. The van der Waals surface area contributed by atoms with Gasteiger partial charge in [0.05, 0.1) is 23.4 Å². The topological polar surface area (TPSA) is 73.1 Å². The van der Waals surface area contributed by atoms with Gasteiger partial charge in [0, 0.05) is 19.2 Å². The molecule has 2 aromatic carbocycles. The molecule has 1 aliphatic rings. The molecule has 0 unspecified atom stereocenters. The normalized spacial score (nSPS) is 13.9. The van der Waals surface area contributed by atoms with Gasteiger partial charge in [0.1, 0.15) is 17.9 Å². The molecule has 0 saturated carbocycles. The van der Waals surface area contributed by atoms with Crippen molar-refractivity contribution >= 4 is 23.1 Å². The third kappa shape index (κ3) is 3.84. The lowest BCUT2D eigenvalue weighted by Crippen LogP contribution is -2.35. The highest BCUT2D eigenvalue weighted by Gasteiger charge is 2.24. The monoisotopic (exact) mass is 413 g/mol. The minimum Gasteiger partial charge on any atom is -0.496 e. The molecule has 1 aliphatic heterocycles. The van der Waals surface area contributed by atoms with Crippen LogP contribution in [0.4, 0.5) is 4.39 Å². The van der Waals surface area contributed by atoms with Gasteiger partial charge in [-0.1, -0.05) is 29.8 Å². The summed E-state index contributed by atoms with van der Waals surface area (Å²) >= 11 is 6.36. The Morgan fingerprint density at radius 3 is 2.66 bits per heavy atom. The van der Waals surface area contributed by atoms with E-state index in [1.165, 1.54) is 30.3 Å². The van der Waals surface area contributed by atoms with E-state index in [2.05, 4.69) is 15.5 Å². The fraction of sp³-hybridized carbons (Fsp3) is 0.200. The molecule has 2 heterocycles. The summed E-state index contributed by atoms with van der Waals surface area (Å²) in [5, 5.41) is 11.3. The van der Waals surface area contributed by atoms with Crippen molar-refractivity contribution in [1.82, 2.24) is 25.1 Å². The van der Waals surface area contributed by atoms with Crippen molar-refractivity contribution in [2.45, 2.75) is 6.42 Å². The van der Waals surface area contributed by atoms with Crippen LogP contribution in [0.25, 0.3) is 11.3 Å². The van der Waals surface area contributed by atoms with E-state index in [4.69, 9.17) is 16.3 Å². The Morgan fingerprint density at radius 1 is 1.24 bits per heavy atom. The molecule has 1 aromatic heterocycles. The minimum absolute atomic E-state index is 0.179. The number of methoxy groups -OCH3 is 1. The van der Waals surface area contributed by atoms with E-state index in [1.54, 1.807) is 29.2 Å². The second-order valence-electron chi connectivity index (χ2n) is 6.50. The maximum Gasteiger partial charge on any atom is 0.257 e. The minimum atomic E-state index is -0.268. The first-order valence-corrected chi connectivity index (χ1v) is 9.30. The largest absolute Gasteiger partial charge is 0.496 e. The van der Waals surface area contributed by atoms with Crippen LogP contribution in [0.15, 0.2) is 48.8 Å². The van der Waals surface area contributed by atoms with Crippen molar-refractivity contribution in [3.63, 3.8) is 0 Å². The highest BCUT2D eigenvalue weighted by atomic mass is 35.5. The molecule has 0 N–H and O–H groups in total. The zero-order chi connectivity index (χ0) is 20.4. The average molecular weight is 414 g/mol. The second kappa shape index (κ2) is 8.00. The van der Waals surface area contributed by atoms with Crippen LogP contribution in [0.5, 0.6) is 5.75 Å². The van der Waals surface area contributed by atoms with Gasteiger partial charge in [0.2, 0.25) is 0 Å². The molecule has 0 bridgehead atoms. The van der Waals surface area contributed by atoms with Gasteiger partial charge < -0.3 is 9.64 Å². The van der Waals surface area contributed by atoms with Gasteiger partial charge in [0.25, 0.3) is 5.91 Å². The highest BCUT2D eigenvalue weighted by molar-refractivity contribution is 6.33. The number of hydrogen-bond donors (Lipinski definition) is 0. The molecular formula is C20H17ClFN5O2. The standard InChI is InChI=1S/C20H17ClFN5O2/c1-29-19-11-18(27-12-23-24-25-27)17(21)10-16(19)20(28)26-8-6-14(7-9-26)13-2-4-15(22)5-3-13/h2-6,10-12H,7-9H2,1H3. The lowest BCUT2D eigenvalue weighted by molar-refractivity contribution is 0.0769. The number of rotatable bonds is 4. The van der Waals surface area contributed by atoms with E-state index in [0.717, 1.165) is 11.1 Å².